The van der Waals surface area contributed by atoms with Gasteiger partial charge < -0.3 is 10.6 Å². The van der Waals surface area contributed by atoms with Crippen molar-refractivity contribution in [3.8, 4) is 0 Å². The molecule has 3 aliphatic carbocycles. The van der Waals surface area contributed by atoms with Crippen LogP contribution < -0.4 is 15.4 Å². The fourth-order valence-corrected chi connectivity index (χ4v) is 6.41. The first kappa shape index (κ1) is 23.7. The van der Waals surface area contributed by atoms with Gasteiger partial charge in [0.25, 0.3) is 10.0 Å². The zero-order valence-corrected chi connectivity index (χ0v) is 21.0. The first-order valence-electron chi connectivity index (χ1n) is 11.5. The molecule has 3 aliphatic rings. The van der Waals surface area contributed by atoms with Crippen LogP contribution in [0.2, 0.25) is 5.28 Å². The zero-order chi connectivity index (χ0) is 24.6. The van der Waals surface area contributed by atoms with E-state index in [4.69, 9.17) is 11.6 Å². The van der Waals surface area contributed by atoms with Crippen LogP contribution in [0, 0.1) is 23.2 Å². The maximum atomic E-state index is 12.6. The van der Waals surface area contributed by atoms with Crippen LogP contribution in [0.5, 0.6) is 0 Å². The fourth-order valence-electron chi connectivity index (χ4n) is 5.29. The molecule has 2 aromatic heterocycles. The number of fused-ring (bicyclic) bond motifs is 2. The Bertz CT molecular complexity index is 1300. The lowest BCUT2D eigenvalue weighted by atomic mass is 9.45. The highest BCUT2D eigenvalue weighted by Gasteiger charge is 2.53. The average molecular weight is 515 g/mol. The van der Waals surface area contributed by atoms with Crippen molar-refractivity contribution in [1.29, 1.82) is 0 Å². The van der Waals surface area contributed by atoms with E-state index in [2.05, 4.69) is 54.1 Å². The van der Waals surface area contributed by atoms with Gasteiger partial charge in [0.05, 0.1) is 4.90 Å². The minimum atomic E-state index is -3.82. The summed E-state index contributed by atoms with van der Waals surface area (Å²) in [6.45, 7) is 5.55. The summed E-state index contributed by atoms with van der Waals surface area (Å²) in [6.07, 6.45) is 6.72. The second kappa shape index (κ2) is 9.19. The van der Waals surface area contributed by atoms with Crippen LogP contribution in [-0.2, 0) is 10.0 Å². The molecule has 12 heteroatoms. The van der Waals surface area contributed by atoms with Crippen molar-refractivity contribution in [2.24, 2.45) is 23.2 Å². The van der Waals surface area contributed by atoms with Crippen molar-refractivity contribution in [1.82, 2.24) is 24.9 Å². The first-order chi connectivity index (χ1) is 16.7. The average Bonchev–Trinajstić information content (AvgIpc) is 2.83. The molecule has 6 rings (SSSR count). The molecular formula is C23H27ClN8O2S. The SMILES string of the molecule is CC1(C)[C@H]2CCC(CNc3nc(Cl)nc(Nc4ccc(S(=O)(=O)Nc5ncccn5)cc4)n3)[C@@H]1C2. The monoisotopic (exact) mass is 514 g/mol. The van der Waals surface area contributed by atoms with Crippen LogP contribution in [0.3, 0.4) is 0 Å². The number of benzene rings is 1. The number of halogens is 1. The molecule has 0 radical (unpaired) electrons. The van der Waals surface area contributed by atoms with Crippen LogP contribution in [0.25, 0.3) is 0 Å². The van der Waals surface area contributed by atoms with E-state index >= 15 is 0 Å². The third-order valence-electron chi connectivity index (χ3n) is 7.34. The normalized spacial score (nSPS) is 22.7. The Morgan fingerprint density at radius 3 is 2.40 bits per heavy atom. The van der Waals surface area contributed by atoms with Crippen LogP contribution in [0.15, 0.2) is 47.6 Å². The van der Waals surface area contributed by atoms with Gasteiger partial charge in [-0.3, -0.25) is 0 Å². The van der Waals surface area contributed by atoms with E-state index in [1.807, 2.05) is 0 Å². The Kier molecular flexibility index (Phi) is 6.22. The molecule has 0 spiro atoms. The smallest absolute Gasteiger partial charge is 0.264 e. The first-order valence-corrected chi connectivity index (χ1v) is 13.4. The van der Waals surface area contributed by atoms with Crippen molar-refractivity contribution >= 4 is 45.2 Å². The highest BCUT2D eigenvalue weighted by atomic mass is 35.5. The highest BCUT2D eigenvalue weighted by molar-refractivity contribution is 7.92. The summed E-state index contributed by atoms with van der Waals surface area (Å²) in [5.74, 6) is 2.86. The standard InChI is InChI=1S/C23H27ClN8O2S/c1-23(2)15-5-4-14(18(23)12-15)13-27-21-29-19(24)30-22(31-21)28-16-6-8-17(9-7-16)35(33,34)32-20-25-10-3-11-26-20/h3,6-11,14-15,18H,4-5,12-13H2,1-2H3,(H,25,26,32)(H2,27,28,29,30,31)/t14?,15-,18-/m0/s1. The molecule has 2 heterocycles. The van der Waals surface area contributed by atoms with Crippen molar-refractivity contribution < 1.29 is 8.42 Å². The molecule has 2 bridgehead atoms. The second-order valence-electron chi connectivity index (χ2n) is 9.66. The van der Waals surface area contributed by atoms with Gasteiger partial charge in [0, 0.05) is 24.6 Å². The second-order valence-corrected chi connectivity index (χ2v) is 11.7. The molecule has 0 amide bonds. The lowest BCUT2D eigenvalue weighted by Crippen LogP contribution is -2.53. The Hall–Kier alpha value is -3.05. The van der Waals surface area contributed by atoms with Crippen LogP contribution in [-0.4, -0.2) is 39.9 Å². The van der Waals surface area contributed by atoms with Gasteiger partial charge >= 0.3 is 0 Å². The predicted octanol–water partition coefficient (Wildman–Crippen LogP) is 4.34. The molecule has 3 atom stereocenters. The lowest BCUT2D eigenvalue weighted by molar-refractivity contribution is -0.100. The number of nitrogens with one attached hydrogen (secondary N) is 3. The van der Waals surface area contributed by atoms with E-state index in [0.29, 0.717) is 23.0 Å². The van der Waals surface area contributed by atoms with Gasteiger partial charge in [-0.1, -0.05) is 13.8 Å². The molecule has 3 fully saturated rings. The molecular weight excluding hydrogens is 488 g/mol. The van der Waals surface area contributed by atoms with E-state index < -0.39 is 10.0 Å². The third-order valence-corrected chi connectivity index (χ3v) is 8.86. The van der Waals surface area contributed by atoms with Gasteiger partial charge in [0.2, 0.25) is 23.1 Å². The third kappa shape index (κ3) is 5.01. The Morgan fingerprint density at radius 1 is 1.00 bits per heavy atom. The van der Waals surface area contributed by atoms with E-state index in [1.54, 1.807) is 18.2 Å². The summed E-state index contributed by atoms with van der Waals surface area (Å²) in [6, 6.07) is 7.76. The molecule has 3 aromatic rings. The summed E-state index contributed by atoms with van der Waals surface area (Å²) in [4.78, 5) is 20.6. The largest absolute Gasteiger partial charge is 0.354 e. The van der Waals surface area contributed by atoms with Crippen molar-refractivity contribution in [2.75, 3.05) is 21.9 Å². The number of hydrogen-bond donors (Lipinski definition) is 3. The fraction of sp³-hybridized carbons (Fsp3) is 0.435. The molecule has 1 unspecified atom stereocenters. The van der Waals surface area contributed by atoms with E-state index in [0.717, 1.165) is 18.4 Å². The van der Waals surface area contributed by atoms with Gasteiger partial charge in [0.15, 0.2) is 0 Å². The lowest BCUT2D eigenvalue weighted by Gasteiger charge is -2.60. The number of anilines is 4. The summed E-state index contributed by atoms with van der Waals surface area (Å²) in [5.41, 5.74) is 1.01. The van der Waals surface area contributed by atoms with Gasteiger partial charge in [0.1, 0.15) is 0 Å². The van der Waals surface area contributed by atoms with Gasteiger partial charge in [-0.2, -0.15) is 15.0 Å². The molecule has 10 nitrogen and oxygen atoms in total. The molecule has 0 aliphatic heterocycles. The number of nitrogens with zero attached hydrogens (tertiary/aromatic N) is 5. The van der Waals surface area contributed by atoms with Crippen LogP contribution >= 0.6 is 11.6 Å². The Labute approximate surface area is 209 Å². The molecule has 184 valence electrons. The summed E-state index contributed by atoms with van der Waals surface area (Å²) in [7, 11) is -3.82. The topological polar surface area (TPSA) is 135 Å². The van der Waals surface area contributed by atoms with Gasteiger partial charge in [-0.25, -0.2) is 23.1 Å². The predicted molar refractivity (Wildman–Crippen MR) is 134 cm³/mol. The number of hydrogen-bond acceptors (Lipinski definition) is 9. The summed E-state index contributed by atoms with van der Waals surface area (Å²) < 4.78 is 27.5. The van der Waals surface area contributed by atoms with Crippen LogP contribution in [0.4, 0.5) is 23.5 Å². The van der Waals surface area contributed by atoms with E-state index in [9.17, 15) is 8.42 Å². The van der Waals surface area contributed by atoms with Crippen molar-refractivity contribution in [3.05, 3.63) is 48.0 Å². The number of aromatic nitrogens is 5. The summed E-state index contributed by atoms with van der Waals surface area (Å²) >= 11 is 6.14. The highest BCUT2D eigenvalue weighted by Crippen LogP contribution is 2.61. The Morgan fingerprint density at radius 2 is 1.71 bits per heavy atom. The van der Waals surface area contributed by atoms with Crippen molar-refractivity contribution in [2.45, 2.75) is 38.0 Å². The molecule has 35 heavy (non-hydrogen) atoms. The Balaban J connectivity index is 1.23. The molecule has 3 N–H and O–H groups in total. The molecule has 1 aromatic carbocycles. The molecule has 3 saturated carbocycles. The van der Waals surface area contributed by atoms with Gasteiger partial charge in [-0.15, -0.1) is 0 Å². The number of sulfonamides is 1. The number of rotatable bonds is 8. The molecule has 0 saturated heterocycles. The van der Waals surface area contributed by atoms with Gasteiger partial charge in [-0.05, 0) is 84.4 Å². The van der Waals surface area contributed by atoms with Crippen LogP contribution in [0.1, 0.15) is 33.1 Å². The minimum absolute atomic E-state index is 0.00322. The van der Waals surface area contributed by atoms with E-state index in [-0.39, 0.29) is 22.1 Å². The summed E-state index contributed by atoms with van der Waals surface area (Å²) in [5, 5.41) is 6.47. The minimum Gasteiger partial charge on any atom is -0.354 e. The quantitative estimate of drug-likeness (QED) is 0.401. The maximum Gasteiger partial charge on any atom is 0.264 e. The van der Waals surface area contributed by atoms with E-state index in [1.165, 1.54) is 43.8 Å². The zero-order valence-electron chi connectivity index (χ0n) is 19.4. The van der Waals surface area contributed by atoms with Crippen molar-refractivity contribution in [3.63, 3.8) is 0 Å². The maximum absolute atomic E-state index is 12.6.